The van der Waals surface area contributed by atoms with E-state index in [1.807, 2.05) is 0 Å². The topological polar surface area (TPSA) is 50.4 Å². The van der Waals surface area contributed by atoms with Crippen LogP contribution in [-0.4, -0.2) is 25.6 Å². The molecule has 2 N–H and O–H groups in total. The highest BCUT2D eigenvalue weighted by molar-refractivity contribution is 5.90. The summed E-state index contributed by atoms with van der Waals surface area (Å²) in [6.45, 7) is 4.15. The van der Waals surface area contributed by atoms with Crippen LogP contribution in [0.15, 0.2) is 18.2 Å². The lowest BCUT2D eigenvalue weighted by atomic mass is 9.94. The predicted molar refractivity (Wildman–Crippen MR) is 83.7 cm³/mol. The Balaban J connectivity index is 0.00000220. The van der Waals surface area contributed by atoms with Gasteiger partial charge in [-0.1, -0.05) is 0 Å². The summed E-state index contributed by atoms with van der Waals surface area (Å²) in [7, 11) is 0. The monoisotopic (exact) mass is 316 g/mol. The third kappa shape index (κ3) is 5.52. The summed E-state index contributed by atoms with van der Waals surface area (Å²) in [5, 5.41) is 6.01. The van der Waals surface area contributed by atoms with Gasteiger partial charge in [-0.25, -0.2) is 4.39 Å². The van der Waals surface area contributed by atoms with E-state index in [-0.39, 0.29) is 24.1 Å². The van der Waals surface area contributed by atoms with Gasteiger partial charge in [0.05, 0.1) is 6.61 Å². The summed E-state index contributed by atoms with van der Waals surface area (Å²) >= 11 is 0. The molecular weight excluding hydrogens is 295 g/mol. The molecule has 118 valence electrons. The van der Waals surface area contributed by atoms with Crippen LogP contribution in [0.1, 0.15) is 26.2 Å². The van der Waals surface area contributed by atoms with E-state index in [9.17, 15) is 9.18 Å². The van der Waals surface area contributed by atoms with Gasteiger partial charge in [-0.2, -0.15) is 0 Å². The summed E-state index contributed by atoms with van der Waals surface area (Å²) in [4.78, 5) is 11.9. The molecule has 1 heterocycles. The van der Waals surface area contributed by atoms with Crippen molar-refractivity contribution in [3.63, 3.8) is 0 Å². The highest BCUT2D eigenvalue weighted by Crippen LogP contribution is 2.22. The molecule has 0 saturated carbocycles. The molecule has 6 heteroatoms. The van der Waals surface area contributed by atoms with Crippen molar-refractivity contribution in [2.24, 2.45) is 5.92 Å². The van der Waals surface area contributed by atoms with Crippen LogP contribution in [0.5, 0.6) is 5.75 Å². The van der Waals surface area contributed by atoms with Crippen LogP contribution in [0.2, 0.25) is 0 Å². The first-order valence-corrected chi connectivity index (χ1v) is 7.12. The number of nitrogens with one attached hydrogen (secondary N) is 2. The van der Waals surface area contributed by atoms with Crippen LogP contribution in [-0.2, 0) is 4.79 Å². The number of halogens is 2. The molecule has 1 aliphatic heterocycles. The summed E-state index contributed by atoms with van der Waals surface area (Å²) in [5.41, 5.74) is 0.477. The van der Waals surface area contributed by atoms with E-state index < -0.39 is 5.82 Å². The zero-order valence-electron chi connectivity index (χ0n) is 12.2. The molecule has 0 spiro atoms. The second-order valence-corrected chi connectivity index (χ2v) is 5.02. The lowest BCUT2D eigenvalue weighted by Gasteiger charge is -2.21. The summed E-state index contributed by atoms with van der Waals surface area (Å²) in [6.07, 6.45) is 2.53. The van der Waals surface area contributed by atoms with Gasteiger partial charge in [-0.3, -0.25) is 4.79 Å². The van der Waals surface area contributed by atoms with Crippen LogP contribution < -0.4 is 15.4 Å². The Hall–Kier alpha value is -1.33. The molecule has 0 bridgehead atoms. The number of hydrogen-bond acceptors (Lipinski definition) is 3. The van der Waals surface area contributed by atoms with Gasteiger partial charge in [0.15, 0.2) is 11.6 Å². The lowest BCUT2D eigenvalue weighted by molar-refractivity contribution is -0.117. The molecule has 0 unspecified atom stereocenters. The maximum Gasteiger partial charge on any atom is 0.224 e. The number of carbonyl (C=O) groups excluding carboxylic acids is 1. The molecule has 1 aromatic rings. The first kappa shape index (κ1) is 17.7. The molecule has 0 atom stereocenters. The summed E-state index contributed by atoms with van der Waals surface area (Å²) in [6, 6.07) is 4.50. The Bertz CT molecular complexity index is 465. The van der Waals surface area contributed by atoms with E-state index in [4.69, 9.17) is 4.74 Å². The lowest BCUT2D eigenvalue weighted by Crippen LogP contribution is -2.30. The second kappa shape index (κ2) is 8.85. The molecule has 4 nitrogen and oxygen atoms in total. The van der Waals surface area contributed by atoms with E-state index in [2.05, 4.69) is 10.6 Å². The standard InChI is InChI=1S/C15H21FN2O2.ClH/c1-2-20-14-4-3-12(10-13(14)16)18-15(19)9-11-5-7-17-8-6-11;/h3-4,10-11,17H,2,5-9H2,1H3,(H,18,19);1H. The quantitative estimate of drug-likeness (QED) is 0.878. The number of benzene rings is 1. The summed E-state index contributed by atoms with van der Waals surface area (Å²) < 4.78 is 18.8. The summed E-state index contributed by atoms with van der Waals surface area (Å²) in [5.74, 6) is 0.125. The predicted octanol–water partition coefficient (Wildman–Crippen LogP) is 2.97. The molecular formula is C15H22ClFN2O2. The number of piperidine rings is 1. The fraction of sp³-hybridized carbons (Fsp3) is 0.533. The Labute approximate surface area is 130 Å². The van der Waals surface area contributed by atoms with E-state index in [0.29, 0.717) is 24.6 Å². The van der Waals surface area contributed by atoms with E-state index in [0.717, 1.165) is 25.9 Å². The van der Waals surface area contributed by atoms with E-state index in [1.54, 1.807) is 19.1 Å². The van der Waals surface area contributed by atoms with Gasteiger partial charge in [0.25, 0.3) is 0 Å². The van der Waals surface area contributed by atoms with Gasteiger partial charge in [-0.05, 0) is 50.9 Å². The van der Waals surface area contributed by atoms with E-state index in [1.165, 1.54) is 6.07 Å². The normalized spacial score (nSPS) is 15.1. The van der Waals surface area contributed by atoms with Crippen LogP contribution in [0, 0.1) is 11.7 Å². The zero-order valence-corrected chi connectivity index (χ0v) is 13.0. The number of carbonyl (C=O) groups is 1. The molecule has 0 aliphatic carbocycles. The molecule has 2 rings (SSSR count). The zero-order chi connectivity index (χ0) is 14.4. The molecule has 1 saturated heterocycles. The average Bonchev–Trinajstić information content (AvgIpc) is 2.43. The number of amides is 1. The Kier molecular flexibility index (Phi) is 7.47. The smallest absolute Gasteiger partial charge is 0.224 e. The number of rotatable bonds is 5. The van der Waals surface area contributed by atoms with Crippen molar-refractivity contribution >= 4 is 24.0 Å². The minimum absolute atomic E-state index is 0. The fourth-order valence-corrected chi connectivity index (χ4v) is 2.41. The van der Waals surface area contributed by atoms with Crippen LogP contribution in [0.3, 0.4) is 0 Å². The Morgan fingerprint density at radius 3 is 2.76 bits per heavy atom. The molecule has 0 radical (unpaired) electrons. The maximum atomic E-state index is 13.7. The van der Waals surface area contributed by atoms with E-state index >= 15 is 0 Å². The van der Waals surface area contributed by atoms with Gasteiger partial charge >= 0.3 is 0 Å². The highest BCUT2D eigenvalue weighted by Gasteiger charge is 2.17. The Morgan fingerprint density at radius 2 is 2.14 bits per heavy atom. The van der Waals surface area contributed by atoms with Crippen LogP contribution in [0.4, 0.5) is 10.1 Å². The Morgan fingerprint density at radius 1 is 1.43 bits per heavy atom. The van der Waals surface area contributed by atoms with Crippen LogP contribution in [0.25, 0.3) is 0 Å². The third-order valence-corrected chi connectivity index (χ3v) is 3.45. The van der Waals surface area contributed by atoms with Gasteiger partial charge in [0.2, 0.25) is 5.91 Å². The van der Waals surface area contributed by atoms with Crippen molar-refractivity contribution in [2.45, 2.75) is 26.2 Å². The SMILES string of the molecule is CCOc1ccc(NC(=O)CC2CCNCC2)cc1F.Cl. The highest BCUT2D eigenvalue weighted by atomic mass is 35.5. The molecule has 1 aliphatic rings. The minimum Gasteiger partial charge on any atom is -0.491 e. The first-order valence-electron chi connectivity index (χ1n) is 7.12. The van der Waals surface area contributed by atoms with Gasteiger partial charge in [-0.15, -0.1) is 12.4 Å². The first-order chi connectivity index (χ1) is 9.69. The third-order valence-electron chi connectivity index (χ3n) is 3.45. The molecule has 1 aromatic carbocycles. The van der Waals surface area contributed by atoms with Crippen molar-refractivity contribution in [3.8, 4) is 5.75 Å². The van der Waals surface area contributed by atoms with Gasteiger partial charge in [0, 0.05) is 18.2 Å². The fourth-order valence-electron chi connectivity index (χ4n) is 2.41. The van der Waals surface area contributed by atoms with Gasteiger partial charge < -0.3 is 15.4 Å². The van der Waals surface area contributed by atoms with Crippen molar-refractivity contribution in [3.05, 3.63) is 24.0 Å². The number of anilines is 1. The second-order valence-electron chi connectivity index (χ2n) is 5.02. The molecule has 1 amide bonds. The van der Waals surface area contributed by atoms with Crippen molar-refractivity contribution in [1.82, 2.24) is 5.32 Å². The molecule has 21 heavy (non-hydrogen) atoms. The molecule has 0 aromatic heterocycles. The minimum atomic E-state index is -0.452. The van der Waals surface area contributed by atoms with Crippen molar-refractivity contribution < 1.29 is 13.9 Å². The largest absolute Gasteiger partial charge is 0.491 e. The average molecular weight is 317 g/mol. The van der Waals surface area contributed by atoms with Crippen molar-refractivity contribution in [2.75, 3.05) is 25.0 Å². The number of hydrogen-bond donors (Lipinski definition) is 2. The number of ether oxygens (including phenoxy) is 1. The van der Waals surface area contributed by atoms with Crippen molar-refractivity contribution in [1.29, 1.82) is 0 Å². The molecule has 1 fully saturated rings. The van der Waals surface area contributed by atoms with Gasteiger partial charge in [0.1, 0.15) is 0 Å². The maximum absolute atomic E-state index is 13.7. The van der Waals surface area contributed by atoms with Crippen LogP contribution >= 0.6 is 12.4 Å².